The van der Waals surface area contributed by atoms with Gasteiger partial charge in [-0.25, -0.2) is 4.79 Å². The van der Waals surface area contributed by atoms with Crippen LogP contribution in [0.1, 0.15) is 106 Å². The number of methoxy groups -OCH3 is 1. The van der Waals surface area contributed by atoms with Crippen LogP contribution in [0.5, 0.6) is 11.5 Å². The number of hydrogen-bond acceptors (Lipinski definition) is 12. The number of pyridine rings is 1. The number of allylic oxidation sites excluding steroid dienone is 2. The van der Waals surface area contributed by atoms with Gasteiger partial charge in [0, 0.05) is 100 Å². The predicted octanol–water partition coefficient (Wildman–Crippen LogP) is 21.9. The highest BCUT2D eigenvalue weighted by molar-refractivity contribution is 7.24. The summed E-state index contributed by atoms with van der Waals surface area (Å²) in [6, 6.07) is 66.1. The smallest absolute Gasteiger partial charge is 0.410 e. The van der Waals surface area contributed by atoms with Gasteiger partial charge >= 0.3 is 23.9 Å². The van der Waals surface area contributed by atoms with Gasteiger partial charge in [0.15, 0.2) is 0 Å². The molecule has 0 saturated heterocycles. The van der Waals surface area contributed by atoms with Gasteiger partial charge in [0.25, 0.3) is 16.6 Å². The lowest BCUT2D eigenvalue weighted by atomic mass is 9.88. The fourth-order valence-corrected chi connectivity index (χ4v) is 28.7. The minimum absolute atomic E-state index is 0.0743. The van der Waals surface area contributed by atoms with Gasteiger partial charge in [0.1, 0.15) is 23.7 Å². The number of aryl methyl sites for hydroxylation is 2. The first-order valence-corrected chi connectivity index (χ1v) is 43.7. The Labute approximate surface area is 654 Å². The zero-order chi connectivity index (χ0) is 77.7. The maximum Gasteiger partial charge on any atom is 0.410 e. The number of halogens is 6. The molecule has 0 N–H and O–H groups in total. The van der Waals surface area contributed by atoms with Crippen molar-refractivity contribution in [3.05, 3.63) is 256 Å². The maximum atomic E-state index is 18.3. The third kappa shape index (κ3) is 16.5. The third-order valence-corrected chi connectivity index (χ3v) is 34.9. The van der Waals surface area contributed by atoms with E-state index in [4.69, 9.17) is 27.8 Å². The molecule has 0 atom stereocenters. The van der Waals surface area contributed by atoms with E-state index in [-0.39, 0.29) is 71.2 Å². The van der Waals surface area contributed by atoms with Crippen molar-refractivity contribution in [2.45, 2.75) is 135 Å². The van der Waals surface area contributed by atoms with E-state index >= 15 is 26.3 Å². The standard InChI is InChI=1S/C88H92F6N2O7S4Si2/c1-59-76(78-79(87(91,92)88(93,94)86(78,89)90)77-60(2)105-81(75-45-43-73(107-75)63-46-50-95-51-47-63)71(77)49-56-102-109(85(9,10)11,68-30-21-15-22-31-68)69-32-23-16-24-33-69)70(48-55-101-108(84(6,7)8,66-26-17-13-18-27-66)67-28-19-14-20-29-67)80(104-59)74-44-42-72(106-74)62-36-40-65(41-37-62)100-57-53-96(82(97)103-83(3,4)5)52-25-54-99-58-61-34-38-64(98-12)39-35-61/h13-24,26-47,50-51H,25,48-49,52-58H2,1-12H3. The summed E-state index contributed by atoms with van der Waals surface area (Å²) in [5.41, 5.74) is -1.15. The Balaban J connectivity index is 0.947. The van der Waals surface area contributed by atoms with Crippen LogP contribution in [0.2, 0.25) is 10.1 Å². The molecular weight excluding hydrogens is 1500 g/mol. The van der Waals surface area contributed by atoms with Crippen LogP contribution in [0.15, 0.2) is 219 Å². The molecule has 5 aromatic heterocycles. The Kier molecular flexibility index (Phi) is 24.3. The van der Waals surface area contributed by atoms with Crippen LogP contribution in [0, 0.1) is 13.8 Å². The van der Waals surface area contributed by atoms with E-state index in [2.05, 4.69) is 46.5 Å². The first-order chi connectivity index (χ1) is 51.9. The number of carbonyl (C=O) groups excluding carboxylic acids is 1. The quantitative estimate of drug-likeness (QED) is 0.0260. The van der Waals surface area contributed by atoms with Gasteiger partial charge < -0.3 is 32.7 Å². The van der Waals surface area contributed by atoms with Crippen molar-refractivity contribution >= 4 is 100.0 Å². The maximum absolute atomic E-state index is 18.3. The van der Waals surface area contributed by atoms with Crippen molar-refractivity contribution in [3.63, 3.8) is 0 Å². The number of aromatic nitrogens is 1. The summed E-state index contributed by atoms with van der Waals surface area (Å²) in [5, 5.41) is 2.80. The molecule has 0 radical (unpaired) electrons. The highest BCUT2D eigenvalue weighted by atomic mass is 32.1. The molecule has 0 bridgehead atoms. The molecule has 109 heavy (non-hydrogen) atoms. The number of rotatable bonds is 29. The Morgan fingerprint density at radius 1 is 0.468 bits per heavy atom. The molecule has 0 spiro atoms. The van der Waals surface area contributed by atoms with Crippen LogP contribution >= 0.6 is 45.3 Å². The molecule has 11 aromatic rings. The average Bonchev–Trinajstić information content (AvgIpc) is 1.54. The second-order valence-corrected chi connectivity index (χ2v) is 43.6. The predicted molar refractivity (Wildman–Crippen MR) is 440 cm³/mol. The summed E-state index contributed by atoms with van der Waals surface area (Å²) in [6.07, 6.45) is 3.21. The van der Waals surface area contributed by atoms with Crippen LogP contribution < -0.4 is 30.2 Å². The molecule has 0 aliphatic heterocycles. The van der Waals surface area contributed by atoms with Gasteiger partial charge in [0.05, 0.1) is 20.3 Å². The molecule has 0 saturated carbocycles. The summed E-state index contributed by atoms with van der Waals surface area (Å²) < 4.78 is 147. The SMILES string of the molecule is COc1ccc(COCCCN(CCOc2ccc(-c3ccc(-c4sc(C)c(C5=C(c6c(C)sc(-c7ccc(-c8ccncc8)s7)c6CCO[Si](c6ccccc6)(c6ccccc6)C(C)(C)C)C(F)(F)C(F)(F)C5(F)F)c4CCO[Si](c4ccccc4)(c4ccccc4)C(C)(C)C)s3)cc2)C(=O)OC(C)(C)C)cc1. The van der Waals surface area contributed by atoms with E-state index in [9.17, 15) is 4.79 Å². The molecule has 1 aliphatic carbocycles. The normalized spacial score (nSPS) is 14.5. The molecule has 0 fully saturated rings. The van der Waals surface area contributed by atoms with Crippen molar-refractivity contribution in [1.29, 1.82) is 0 Å². The summed E-state index contributed by atoms with van der Waals surface area (Å²) in [4.78, 5) is 23.5. The number of amides is 1. The summed E-state index contributed by atoms with van der Waals surface area (Å²) in [7, 11) is -5.08. The van der Waals surface area contributed by atoms with Gasteiger partial charge in [0.2, 0.25) is 0 Å². The third-order valence-electron chi connectivity index (χ3n) is 19.9. The number of carbonyl (C=O) groups is 1. The zero-order valence-corrected chi connectivity index (χ0v) is 68.8. The highest BCUT2D eigenvalue weighted by Crippen LogP contribution is 2.68. The second-order valence-electron chi connectivity index (χ2n) is 30.3. The number of nitrogens with zero attached hydrogens (tertiary/aromatic N) is 2. The van der Waals surface area contributed by atoms with Gasteiger partial charge in [-0.05, 0) is 185 Å². The number of benzene rings is 6. The first kappa shape index (κ1) is 80.3. The Morgan fingerprint density at radius 2 is 0.872 bits per heavy atom. The molecule has 12 rings (SSSR count). The van der Waals surface area contributed by atoms with Crippen LogP contribution in [0.3, 0.4) is 0 Å². The van der Waals surface area contributed by atoms with Crippen LogP contribution in [-0.2, 0) is 37.8 Å². The summed E-state index contributed by atoms with van der Waals surface area (Å²) in [5.74, 6) is -15.4. The van der Waals surface area contributed by atoms with E-state index in [1.54, 1.807) is 38.3 Å². The highest BCUT2D eigenvalue weighted by Gasteiger charge is 2.81. The fraction of sp³-hybridized carbons (Fsp3) is 0.318. The molecule has 0 unspecified atom stereocenters. The molecule has 1 amide bonds. The van der Waals surface area contributed by atoms with Crippen molar-refractivity contribution in [1.82, 2.24) is 9.88 Å². The van der Waals surface area contributed by atoms with Crippen molar-refractivity contribution in [2.75, 3.05) is 46.6 Å². The topological polar surface area (TPSA) is 88.6 Å². The monoisotopic (exact) mass is 1590 g/mol. The summed E-state index contributed by atoms with van der Waals surface area (Å²) >= 11 is 5.01. The van der Waals surface area contributed by atoms with Crippen LogP contribution in [0.25, 0.3) is 51.5 Å². The van der Waals surface area contributed by atoms with Crippen molar-refractivity contribution < 1.29 is 58.9 Å². The van der Waals surface area contributed by atoms with Crippen molar-refractivity contribution in [3.8, 4) is 51.9 Å². The fourth-order valence-electron chi connectivity index (χ4n) is 14.9. The van der Waals surface area contributed by atoms with E-state index in [1.165, 1.54) is 22.7 Å². The lowest BCUT2D eigenvalue weighted by Crippen LogP contribution is -2.66. The van der Waals surface area contributed by atoms with E-state index in [1.807, 2.05) is 227 Å². The molecule has 5 heterocycles. The van der Waals surface area contributed by atoms with Gasteiger partial charge in [-0.3, -0.25) is 4.98 Å². The lowest BCUT2D eigenvalue weighted by molar-refractivity contribution is -0.254. The Morgan fingerprint density at radius 3 is 1.28 bits per heavy atom. The number of thiophene rings is 4. The molecule has 21 heteroatoms. The lowest BCUT2D eigenvalue weighted by Gasteiger charge is -2.43. The number of hydrogen-bond donors (Lipinski definition) is 0. The molecule has 1 aliphatic rings. The van der Waals surface area contributed by atoms with Crippen LogP contribution in [0.4, 0.5) is 31.1 Å². The Hall–Kier alpha value is -8.23. The minimum Gasteiger partial charge on any atom is -0.497 e. The Bertz CT molecular complexity index is 4840. The van der Waals surface area contributed by atoms with E-state index in [0.717, 1.165) is 75.6 Å². The molecule has 570 valence electrons. The van der Waals surface area contributed by atoms with Gasteiger partial charge in [-0.15, -0.1) is 45.3 Å². The van der Waals surface area contributed by atoms with Gasteiger partial charge in [-0.2, -0.15) is 26.3 Å². The van der Waals surface area contributed by atoms with E-state index < -0.39 is 67.3 Å². The summed E-state index contributed by atoms with van der Waals surface area (Å²) in [6.45, 7) is 22.7. The zero-order valence-electron chi connectivity index (χ0n) is 63.5. The number of alkyl halides is 6. The number of ether oxygens (including phenoxy) is 4. The molecular formula is C88H92F6N2O7S4Si2. The molecule has 6 aromatic carbocycles. The van der Waals surface area contributed by atoms with Crippen molar-refractivity contribution in [2.24, 2.45) is 0 Å². The molecule has 9 nitrogen and oxygen atoms in total. The average molecular weight is 1590 g/mol. The van der Waals surface area contributed by atoms with Gasteiger partial charge in [-0.1, -0.05) is 175 Å². The first-order valence-electron chi connectivity index (χ1n) is 36.6. The minimum atomic E-state index is -5.89. The van der Waals surface area contributed by atoms with Crippen LogP contribution in [-0.4, -0.2) is 103 Å². The van der Waals surface area contributed by atoms with E-state index in [0.29, 0.717) is 51.4 Å². The largest absolute Gasteiger partial charge is 0.497 e. The second kappa shape index (κ2) is 33.0.